The molecule has 2 aromatic carbocycles. The predicted octanol–water partition coefficient (Wildman–Crippen LogP) is 2.47. The first-order chi connectivity index (χ1) is 7.99. The summed E-state index contributed by atoms with van der Waals surface area (Å²) in [5, 5.41) is 1.73. The van der Waals surface area contributed by atoms with Crippen molar-refractivity contribution < 1.29 is 16.8 Å². The maximum absolute atomic E-state index is 11.4. The summed E-state index contributed by atoms with van der Waals surface area (Å²) in [6.45, 7) is 3.76. The fourth-order valence-electron chi connectivity index (χ4n) is 2.08. The molecule has 0 atom stereocenters. The highest BCUT2D eigenvalue weighted by Gasteiger charge is 2.32. The molecule has 0 saturated carbocycles. The van der Waals surface area contributed by atoms with Crippen LogP contribution in [0.5, 0.6) is 11.5 Å². The topological polar surface area (TPSA) is 52.6 Å². The molecular formula is C12H10O4S. The van der Waals surface area contributed by atoms with Crippen molar-refractivity contribution in [3.05, 3.63) is 35.4 Å². The molecular weight excluding hydrogens is 240 g/mol. The zero-order valence-electron chi connectivity index (χ0n) is 9.35. The number of fused-ring (bicyclic) bond motifs is 3. The van der Waals surface area contributed by atoms with Crippen molar-refractivity contribution in [2.75, 3.05) is 0 Å². The van der Waals surface area contributed by atoms with Crippen molar-refractivity contribution >= 4 is 21.2 Å². The zero-order valence-corrected chi connectivity index (χ0v) is 10.2. The standard InChI is InChI=1S/C12H10O4S/c1-7-8(2)11-12(16-17(13,14)15-11)10-6-4-3-5-9(7)10/h3-6H,1-2H3. The molecule has 0 bridgehead atoms. The van der Waals surface area contributed by atoms with Crippen LogP contribution < -0.4 is 8.37 Å². The van der Waals surface area contributed by atoms with E-state index in [4.69, 9.17) is 8.37 Å². The van der Waals surface area contributed by atoms with Crippen LogP contribution in [-0.4, -0.2) is 8.42 Å². The highest BCUT2D eigenvalue weighted by Crippen LogP contribution is 2.46. The summed E-state index contributed by atoms with van der Waals surface area (Å²) in [4.78, 5) is 0. The highest BCUT2D eigenvalue weighted by molar-refractivity contribution is 7.82. The SMILES string of the molecule is Cc1c2c(c3ccccc3c1C)OS(=O)(=O)O2. The second kappa shape index (κ2) is 3.13. The van der Waals surface area contributed by atoms with E-state index in [1.165, 1.54) is 0 Å². The van der Waals surface area contributed by atoms with Crippen molar-refractivity contribution in [2.45, 2.75) is 13.8 Å². The van der Waals surface area contributed by atoms with E-state index in [9.17, 15) is 8.42 Å². The summed E-state index contributed by atoms with van der Waals surface area (Å²) in [6, 6.07) is 7.51. The van der Waals surface area contributed by atoms with Gasteiger partial charge in [0.25, 0.3) is 0 Å². The number of benzene rings is 2. The van der Waals surface area contributed by atoms with Crippen LogP contribution in [-0.2, 0) is 10.4 Å². The number of rotatable bonds is 0. The average molecular weight is 250 g/mol. The van der Waals surface area contributed by atoms with Crippen LogP contribution in [0, 0.1) is 13.8 Å². The Morgan fingerprint density at radius 1 is 0.882 bits per heavy atom. The summed E-state index contributed by atoms with van der Waals surface area (Å²) in [5.74, 6) is 0.602. The molecule has 0 spiro atoms. The molecule has 88 valence electrons. The third-order valence-electron chi connectivity index (χ3n) is 3.06. The third kappa shape index (κ3) is 1.39. The van der Waals surface area contributed by atoms with Gasteiger partial charge in [-0.1, -0.05) is 24.3 Å². The highest BCUT2D eigenvalue weighted by atomic mass is 32.3. The quantitative estimate of drug-likeness (QED) is 0.720. The lowest BCUT2D eigenvalue weighted by molar-refractivity contribution is 0.436. The fraction of sp³-hybridized carbons (Fsp3) is 0.167. The van der Waals surface area contributed by atoms with E-state index in [2.05, 4.69) is 0 Å². The van der Waals surface area contributed by atoms with Gasteiger partial charge in [0.2, 0.25) is 0 Å². The van der Waals surface area contributed by atoms with Crippen LogP contribution in [0.4, 0.5) is 0 Å². The molecule has 1 aliphatic heterocycles. The Hall–Kier alpha value is -1.75. The van der Waals surface area contributed by atoms with Gasteiger partial charge in [0.15, 0.2) is 11.5 Å². The van der Waals surface area contributed by atoms with E-state index in [1.54, 1.807) is 0 Å². The van der Waals surface area contributed by atoms with Crippen LogP contribution in [0.15, 0.2) is 24.3 Å². The summed E-state index contributed by atoms with van der Waals surface area (Å²) in [6.07, 6.45) is 0. The molecule has 0 unspecified atom stereocenters. The van der Waals surface area contributed by atoms with Gasteiger partial charge in [0, 0.05) is 10.9 Å². The van der Waals surface area contributed by atoms with Crippen molar-refractivity contribution in [3.8, 4) is 11.5 Å². The van der Waals surface area contributed by atoms with Gasteiger partial charge >= 0.3 is 10.4 Å². The molecule has 0 fully saturated rings. The molecule has 2 aromatic rings. The van der Waals surface area contributed by atoms with Gasteiger partial charge in [-0.2, -0.15) is 0 Å². The maximum Gasteiger partial charge on any atom is 0.501 e. The van der Waals surface area contributed by atoms with Crippen LogP contribution in [0.3, 0.4) is 0 Å². The molecule has 1 aliphatic rings. The Morgan fingerprint density at radius 3 is 2.18 bits per heavy atom. The van der Waals surface area contributed by atoms with Crippen molar-refractivity contribution in [2.24, 2.45) is 0 Å². The molecule has 5 heteroatoms. The largest absolute Gasteiger partial charge is 0.501 e. The van der Waals surface area contributed by atoms with E-state index in [0.717, 1.165) is 21.9 Å². The van der Waals surface area contributed by atoms with Gasteiger partial charge in [0.1, 0.15) is 0 Å². The van der Waals surface area contributed by atoms with Crippen molar-refractivity contribution in [1.82, 2.24) is 0 Å². The lowest BCUT2D eigenvalue weighted by atomic mass is 9.99. The molecule has 4 nitrogen and oxygen atoms in total. The van der Waals surface area contributed by atoms with Crippen LogP contribution in [0.25, 0.3) is 10.8 Å². The molecule has 0 aliphatic carbocycles. The summed E-state index contributed by atoms with van der Waals surface area (Å²) < 4.78 is 32.5. The molecule has 3 rings (SSSR count). The second-order valence-corrected chi connectivity index (χ2v) is 5.18. The van der Waals surface area contributed by atoms with E-state index in [-0.39, 0.29) is 0 Å². The number of aryl methyl sites for hydroxylation is 1. The van der Waals surface area contributed by atoms with E-state index in [0.29, 0.717) is 11.5 Å². The van der Waals surface area contributed by atoms with Crippen LogP contribution in [0.2, 0.25) is 0 Å². The van der Waals surface area contributed by atoms with Gasteiger partial charge in [-0.3, -0.25) is 0 Å². The lowest BCUT2D eigenvalue weighted by Gasteiger charge is -2.08. The van der Waals surface area contributed by atoms with E-state index in [1.807, 2.05) is 38.1 Å². The molecule has 0 N–H and O–H groups in total. The first-order valence-corrected chi connectivity index (χ1v) is 6.49. The Balaban J connectivity index is 2.50. The molecule has 0 aromatic heterocycles. The smallest absolute Gasteiger partial charge is 0.348 e. The Labute approximate surface area is 99.1 Å². The normalized spacial score (nSPS) is 16.4. The van der Waals surface area contributed by atoms with Crippen molar-refractivity contribution in [3.63, 3.8) is 0 Å². The van der Waals surface area contributed by atoms with Gasteiger partial charge < -0.3 is 8.37 Å². The second-order valence-electron chi connectivity index (χ2n) is 4.03. The molecule has 1 heterocycles. The Bertz CT molecular complexity index is 732. The van der Waals surface area contributed by atoms with Crippen LogP contribution >= 0.6 is 0 Å². The van der Waals surface area contributed by atoms with Crippen molar-refractivity contribution in [1.29, 1.82) is 0 Å². The zero-order chi connectivity index (χ0) is 12.2. The van der Waals surface area contributed by atoms with Gasteiger partial charge in [0.05, 0.1) is 0 Å². The third-order valence-corrected chi connectivity index (χ3v) is 3.80. The first-order valence-electron chi connectivity index (χ1n) is 5.15. The summed E-state index contributed by atoms with van der Waals surface area (Å²) in [7, 11) is -3.94. The minimum absolute atomic E-state index is 0.295. The Morgan fingerprint density at radius 2 is 1.47 bits per heavy atom. The summed E-state index contributed by atoms with van der Waals surface area (Å²) >= 11 is 0. The predicted molar refractivity (Wildman–Crippen MR) is 63.6 cm³/mol. The lowest BCUT2D eigenvalue weighted by Crippen LogP contribution is -2.08. The fourth-order valence-corrected chi connectivity index (χ4v) is 2.89. The van der Waals surface area contributed by atoms with Crippen LogP contribution in [0.1, 0.15) is 11.1 Å². The van der Waals surface area contributed by atoms with Gasteiger partial charge in [-0.15, -0.1) is 8.42 Å². The Kier molecular flexibility index (Phi) is 1.92. The molecule has 0 amide bonds. The van der Waals surface area contributed by atoms with Gasteiger partial charge in [-0.05, 0) is 24.8 Å². The van der Waals surface area contributed by atoms with Gasteiger partial charge in [-0.25, -0.2) is 0 Å². The first kappa shape index (κ1) is 10.4. The maximum atomic E-state index is 11.4. The monoisotopic (exact) mass is 250 g/mol. The average Bonchev–Trinajstić information content (AvgIpc) is 2.62. The minimum atomic E-state index is -3.94. The number of hydrogen-bond acceptors (Lipinski definition) is 4. The summed E-state index contributed by atoms with van der Waals surface area (Å²) in [5.41, 5.74) is 1.79. The van der Waals surface area contributed by atoms with E-state index >= 15 is 0 Å². The van der Waals surface area contributed by atoms with E-state index < -0.39 is 10.4 Å². The number of hydrogen-bond donors (Lipinski definition) is 0. The molecule has 0 saturated heterocycles. The molecule has 0 radical (unpaired) electrons. The minimum Gasteiger partial charge on any atom is -0.348 e. The molecule has 17 heavy (non-hydrogen) atoms.